The summed E-state index contributed by atoms with van der Waals surface area (Å²) in [6.07, 6.45) is -7.73. The van der Waals surface area contributed by atoms with E-state index in [0.29, 0.717) is 6.42 Å². The van der Waals surface area contributed by atoms with Crippen molar-refractivity contribution in [1.29, 1.82) is 0 Å². The van der Waals surface area contributed by atoms with Crippen LogP contribution < -0.4 is 11.1 Å². The number of carbonyl (C=O) groups is 1. The molecule has 0 spiro atoms. The highest BCUT2D eigenvalue weighted by molar-refractivity contribution is 5.85. The number of amides is 1. The zero-order chi connectivity index (χ0) is 31.0. The second-order valence-corrected chi connectivity index (χ2v) is 7.55. The van der Waals surface area contributed by atoms with Crippen molar-refractivity contribution in [3.63, 3.8) is 0 Å². The van der Waals surface area contributed by atoms with E-state index in [9.17, 15) is 88.2 Å². The first-order valence-corrected chi connectivity index (χ1v) is 9.56. The highest BCUT2D eigenvalue weighted by Crippen LogP contribution is 2.65. The lowest BCUT2D eigenvalue weighted by molar-refractivity contribution is -0.467. The lowest BCUT2D eigenvalue weighted by Crippen LogP contribution is -2.76. The van der Waals surface area contributed by atoms with E-state index in [-0.39, 0.29) is 38.2 Å². The fourth-order valence-corrected chi connectivity index (χ4v) is 2.44. The molecule has 3 N–H and O–H groups in total. The van der Waals surface area contributed by atoms with Crippen LogP contribution in [0.25, 0.3) is 0 Å². The first-order valence-electron chi connectivity index (χ1n) is 9.56. The molecule has 0 aliphatic carbocycles. The van der Waals surface area contributed by atoms with Gasteiger partial charge in [0, 0.05) is 6.54 Å². The van der Waals surface area contributed by atoms with Gasteiger partial charge in [0.25, 0.3) is 5.91 Å². The number of unbranched alkanes of at least 4 members (excludes halogenated alkanes) is 3. The van der Waals surface area contributed by atoms with Gasteiger partial charge >= 0.3 is 53.6 Å². The lowest BCUT2D eigenvalue weighted by Gasteiger charge is -2.43. The van der Waals surface area contributed by atoms with Gasteiger partial charge in [0.2, 0.25) is 0 Å². The smallest absolute Gasteiger partial charge is 0.351 e. The Balaban J connectivity index is 0. The maximum atomic E-state index is 13.7. The van der Waals surface area contributed by atoms with Crippen LogP contribution >= 0.6 is 12.4 Å². The zero-order valence-electron chi connectivity index (χ0n) is 18.3. The molecule has 0 saturated carbocycles. The van der Waals surface area contributed by atoms with Gasteiger partial charge < -0.3 is 11.1 Å². The summed E-state index contributed by atoms with van der Waals surface area (Å²) < 4.78 is 251. The number of alkyl halides is 19. The molecule has 0 unspecified atom stereocenters. The first-order chi connectivity index (χ1) is 16.5. The summed E-state index contributed by atoms with van der Waals surface area (Å²) in [7, 11) is 0. The lowest BCUT2D eigenvalue weighted by atomic mass is 9.87. The Hall–Kier alpha value is -1.61. The normalized spacial score (nSPS) is 15.2. The van der Waals surface area contributed by atoms with E-state index in [1.54, 1.807) is 0 Å². The second kappa shape index (κ2) is 11.7. The van der Waals surface area contributed by atoms with Gasteiger partial charge in [-0.1, -0.05) is 12.8 Å². The number of nitrogens with two attached hydrogens (primary N) is 1. The molecule has 23 heteroatoms. The molecular weight excluding hydrogens is 633 g/mol. The molecule has 0 rings (SSSR count). The maximum absolute atomic E-state index is 13.7. The van der Waals surface area contributed by atoms with E-state index >= 15 is 0 Å². The summed E-state index contributed by atoms with van der Waals surface area (Å²) >= 11 is 0. The average molecular weight is 649 g/mol. The Labute approximate surface area is 211 Å². The molecule has 3 nitrogen and oxygen atoms in total. The topological polar surface area (TPSA) is 55.1 Å². The Bertz CT molecular complexity index is 827. The molecular formula is C16H16ClF19N2O. The third kappa shape index (κ3) is 6.04. The van der Waals surface area contributed by atoms with Gasteiger partial charge in [-0.3, -0.25) is 4.79 Å². The quantitative estimate of drug-likeness (QED) is 0.163. The summed E-state index contributed by atoms with van der Waals surface area (Å²) in [6.45, 7) is -0.951. The van der Waals surface area contributed by atoms with Gasteiger partial charge in [-0.05, 0) is 19.4 Å². The van der Waals surface area contributed by atoms with Crippen molar-refractivity contribution < 1.29 is 88.2 Å². The minimum Gasteiger partial charge on any atom is -0.351 e. The van der Waals surface area contributed by atoms with E-state index in [2.05, 4.69) is 0 Å². The third-order valence-corrected chi connectivity index (χ3v) is 4.82. The van der Waals surface area contributed by atoms with E-state index in [1.165, 1.54) is 0 Å². The molecule has 0 aromatic heterocycles. The molecule has 0 aliphatic rings. The van der Waals surface area contributed by atoms with Gasteiger partial charge in [-0.15, -0.1) is 12.4 Å². The summed E-state index contributed by atoms with van der Waals surface area (Å²) in [5.74, 6) is -71.6. The number of nitrogens with one attached hydrogen (secondary N) is 1. The van der Waals surface area contributed by atoms with Crippen molar-refractivity contribution in [2.45, 2.75) is 79.2 Å². The molecule has 0 aliphatic heterocycles. The van der Waals surface area contributed by atoms with Crippen LogP contribution in [0.4, 0.5) is 83.4 Å². The summed E-state index contributed by atoms with van der Waals surface area (Å²) in [4.78, 5) is 11.2. The maximum Gasteiger partial charge on any atom is 0.460 e. The van der Waals surface area contributed by atoms with Crippen molar-refractivity contribution in [2.75, 3.05) is 13.1 Å². The summed E-state index contributed by atoms with van der Waals surface area (Å²) in [5.41, 5.74) is 5.08. The molecule has 39 heavy (non-hydrogen) atoms. The van der Waals surface area contributed by atoms with Gasteiger partial charge in [0.1, 0.15) is 0 Å². The Kier molecular flexibility index (Phi) is 11.9. The molecule has 0 aromatic rings. The van der Waals surface area contributed by atoms with Crippen molar-refractivity contribution in [3.05, 3.63) is 0 Å². The summed E-state index contributed by atoms with van der Waals surface area (Å²) in [5, 5.41) is 0.801. The average Bonchev–Trinajstić information content (AvgIpc) is 2.73. The van der Waals surface area contributed by atoms with Crippen molar-refractivity contribution in [3.8, 4) is 0 Å². The van der Waals surface area contributed by atoms with Gasteiger partial charge in [-0.2, -0.15) is 83.4 Å². The van der Waals surface area contributed by atoms with Crippen LogP contribution in [0.15, 0.2) is 0 Å². The third-order valence-electron chi connectivity index (χ3n) is 4.82. The SMILES string of the molecule is Cl.NCCCCCCNC(=O)C(F)(F)C(F)(F)C(F)(F)C(F)(F)C(F)(F)C(F)(F)C(F)(F)C(F)(F)C(F)(F)F. The van der Waals surface area contributed by atoms with Crippen LogP contribution in [0.2, 0.25) is 0 Å². The predicted octanol–water partition coefficient (Wildman–Crippen LogP) is 6.69. The zero-order valence-corrected chi connectivity index (χ0v) is 19.1. The van der Waals surface area contributed by atoms with Crippen LogP contribution in [0, 0.1) is 0 Å². The second-order valence-electron chi connectivity index (χ2n) is 7.55. The monoisotopic (exact) mass is 648 g/mol. The molecule has 0 aromatic carbocycles. The number of hydrogen-bond acceptors (Lipinski definition) is 2. The van der Waals surface area contributed by atoms with Gasteiger partial charge in [0.05, 0.1) is 0 Å². The van der Waals surface area contributed by atoms with Crippen LogP contribution in [-0.4, -0.2) is 72.6 Å². The Morgan fingerprint density at radius 1 is 0.487 bits per heavy atom. The van der Waals surface area contributed by atoms with Crippen molar-refractivity contribution in [1.82, 2.24) is 5.32 Å². The largest absolute Gasteiger partial charge is 0.460 e. The number of carbonyl (C=O) groups excluding carboxylic acids is 1. The van der Waals surface area contributed by atoms with E-state index in [4.69, 9.17) is 5.73 Å². The van der Waals surface area contributed by atoms with Crippen LogP contribution in [0.3, 0.4) is 0 Å². The van der Waals surface area contributed by atoms with Gasteiger partial charge in [-0.25, -0.2) is 0 Å². The van der Waals surface area contributed by atoms with Crippen LogP contribution in [0.1, 0.15) is 25.7 Å². The van der Waals surface area contributed by atoms with Crippen molar-refractivity contribution in [2.24, 2.45) is 5.73 Å². The predicted molar refractivity (Wildman–Crippen MR) is 93.4 cm³/mol. The van der Waals surface area contributed by atoms with E-state index in [1.807, 2.05) is 0 Å². The standard InChI is InChI=1S/C16H15F19N2O.ClH/c17-8(18,7(38)37-6-4-2-1-3-5-36)9(19,20)10(21,22)11(23,24)12(25,26)13(27,28)14(29,30)15(31,32)16(33,34)35;/h1-6,36H2,(H,37,38);1H. The Morgan fingerprint density at radius 3 is 1.13 bits per heavy atom. The molecule has 0 fully saturated rings. The fourth-order valence-electron chi connectivity index (χ4n) is 2.44. The van der Waals surface area contributed by atoms with E-state index in [0.717, 1.165) is 5.32 Å². The highest BCUT2D eigenvalue weighted by atomic mass is 35.5. The highest BCUT2D eigenvalue weighted by Gasteiger charge is 2.97. The Morgan fingerprint density at radius 2 is 0.795 bits per heavy atom. The van der Waals surface area contributed by atoms with Crippen LogP contribution in [0.5, 0.6) is 0 Å². The number of hydrogen-bond donors (Lipinski definition) is 2. The fraction of sp³-hybridized carbons (Fsp3) is 0.938. The summed E-state index contributed by atoms with van der Waals surface area (Å²) in [6, 6.07) is 0. The van der Waals surface area contributed by atoms with Crippen LogP contribution in [-0.2, 0) is 4.79 Å². The molecule has 0 heterocycles. The molecule has 0 bridgehead atoms. The number of rotatable bonds is 14. The van der Waals surface area contributed by atoms with Gasteiger partial charge in [0.15, 0.2) is 0 Å². The molecule has 1 amide bonds. The van der Waals surface area contributed by atoms with E-state index < -0.39 is 66.0 Å². The molecule has 236 valence electrons. The number of halogens is 20. The molecule has 0 saturated heterocycles. The van der Waals surface area contributed by atoms with Crippen molar-refractivity contribution >= 4 is 18.3 Å². The first kappa shape index (κ1) is 39.5. The molecule has 0 atom stereocenters. The minimum atomic E-state index is -9.01. The molecule has 0 radical (unpaired) electrons. The minimum absolute atomic E-state index is 0.